The maximum absolute atomic E-state index is 11.6. The van der Waals surface area contributed by atoms with E-state index in [-0.39, 0.29) is 5.91 Å². The van der Waals surface area contributed by atoms with Crippen molar-refractivity contribution in [1.29, 1.82) is 0 Å². The molecule has 1 heterocycles. The van der Waals surface area contributed by atoms with Crippen LogP contribution in [-0.4, -0.2) is 47.7 Å². The summed E-state index contributed by atoms with van der Waals surface area (Å²) in [5.41, 5.74) is 0. The van der Waals surface area contributed by atoms with Crippen LogP contribution in [0.3, 0.4) is 0 Å². The number of likely N-dealkylation sites (N-methyl/N-ethyl adjacent to an activating group) is 1. The third kappa shape index (κ3) is 2.23. The lowest BCUT2D eigenvalue weighted by Gasteiger charge is -2.18. The van der Waals surface area contributed by atoms with Crippen LogP contribution in [0.15, 0.2) is 0 Å². The average Bonchev–Trinajstić information content (AvgIpc) is 2.64. The number of carbonyl (C=O) groups excluding carboxylic acids is 1. The molecule has 1 N–H and O–H groups in total. The minimum absolute atomic E-state index is 0.128. The highest BCUT2D eigenvalue weighted by Gasteiger charge is 2.35. The SMILES string of the molecule is CCN(C)C(=O)C1CCC(C(=O)O)O1. The quantitative estimate of drug-likeness (QED) is 0.703. The summed E-state index contributed by atoms with van der Waals surface area (Å²) in [4.78, 5) is 23.6. The van der Waals surface area contributed by atoms with Crippen LogP contribution in [0.4, 0.5) is 0 Å². The predicted octanol–water partition coefficient (Wildman–Crippen LogP) is 0.0969. The molecule has 14 heavy (non-hydrogen) atoms. The van der Waals surface area contributed by atoms with E-state index in [9.17, 15) is 9.59 Å². The van der Waals surface area contributed by atoms with Crippen molar-refractivity contribution in [1.82, 2.24) is 4.90 Å². The molecule has 0 spiro atoms. The summed E-state index contributed by atoms with van der Waals surface area (Å²) >= 11 is 0. The van der Waals surface area contributed by atoms with Crippen molar-refractivity contribution < 1.29 is 19.4 Å². The van der Waals surface area contributed by atoms with Gasteiger partial charge >= 0.3 is 5.97 Å². The van der Waals surface area contributed by atoms with Gasteiger partial charge in [0, 0.05) is 13.6 Å². The predicted molar refractivity (Wildman–Crippen MR) is 48.8 cm³/mol. The van der Waals surface area contributed by atoms with Crippen molar-refractivity contribution in [2.24, 2.45) is 0 Å². The van der Waals surface area contributed by atoms with Crippen LogP contribution < -0.4 is 0 Å². The Hall–Kier alpha value is -1.10. The van der Waals surface area contributed by atoms with Gasteiger partial charge in [0.2, 0.25) is 0 Å². The van der Waals surface area contributed by atoms with E-state index in [1.807, 2.05) is 6.92 Å². The van der Waals surface area contributed by atoms with Crippen LogP contribution in [0.2, 0.25) is 0 Å². The first-order valence-electron chi connectivity index (χ1n) is 4.69. The molecule has 0 radical (unpaired) electrons. The zero-order valence-corrected chi connectivity index (χ0v) is 8.40. The van der Waals surface area contributed by atoms with Crippen molar-refractivity contribution in [3.63, 3.8) is 0 Å². The van der Waals surface area contributed by atoms with Crippen molar-refractivity contribution in [3.8, 4) is 0 Å². The smallest absolute Gasteiger partial charge is 0.332 e. The summed E-state index contributed by atoms with van der Waals surface area (Å²) in [6, 6.07) is 0. The molecule has 0 aliphatic carbocycles. The zero-order valence-electron chi connectivity index (χ0n) is 8.40. The Labute approximate surface area is 82.6 Å². The fourth-order valence-corrected chi connectivity index (χ4v) is 1.40. The van der Waals surface area contributed by atoms with Crippen LogP contribution in [0, 0.1) is 0 Å². The molecular weight excluding hydrogens is 186 g/mol. The fraction of sp³-hybridized carbons (Fsp3) is 0.778. The van der Waals surface area contributed by atoms with E-state index < -0.39 is 18.2 Å². The highest BCUT2D eigenvalue weighted by molar-refractivity contribution is 5.82. The van der Waals surface area contributed by atoms with Gasteiger partial charge in [0.25, 0.3) is 5.91 Å². The normalized spacial score (nSPS) is 26.1. The Bertz CT molecular complexity index is 241. The van der Waals surface area contributed by atoms with Gasteiger partial charge in [-0.1, -0.05) is 0 Å². The maximum Gasteiger partial charge on any atom is 0.332 e. The number of carboxylic acids is 1. The highest BCUT2D eigenvalue weighted by atomic mass is 16.5. The van der Waals surface area contributed by atoms with E-state index >= 15 is 0 Å². The molecule has 5 nitrogen and oxygen atoms in total. The van der Waals surface area contributed by atoms with Gasteiger partial charge in [-0.05, 0) is 19.8 Å². The number of ether oxygens (including phenoxy) is 1. The maximum atomic E-state index is 11.6. The lowest BCUT2D eigenvalue weighted by molar-refractivity contribution is -0.154. The number of nitrogens with zero attached hydrogens (tertiary/aromatic N) is 1. The first-order valence-corrected chi connectivity index (χ1v) is 4.69. The third-order valence-corrected chi connectivity index (χ3v) is 2.42. The second-order valence-corrected chi connectivity index (χ2v) is 3.38. The van der Waals surface area contributed by atoms with Gasteiger partial charge in [-0.3, -0.25) is 4.79 Å². The minimum Gasteiger partial charge on any atom is -0.479 e. The van der Waals surface area contributed by atoms with Crippen LogP contribution in [0.25, 0.3) is 0 Å². The number of hydrogen-bond acceptors (Lipinski definition) is 3. The Balaban J connectivity index is 2.49. The number of hydrogen-bond donors (Lipinski definition) is 1. The number of carboxylic acid groups (broad SMARTS) is 1. The zero-order chi connectivity index (χ0) is 10.7. The van der Waals surface area contributed by atoms with Crippen molar-refractivity contribution >= 4 is 11.9 Å². The van der Waals surface area contributed by atoms with E-state index in [1.54, 1.807) is 7.05 Å². The lowest BCUT2D eigenvalue weighted by atomic mass is 10.2. The molecular formula is C9H15NO4. The molecule has 2 atom stereocenters. The molecule has 0 saturated carbocycles. The Morgan fingerprint density at radius 1 is 1.43 bits per heavy atom. The first-order chi connectivity index (χ1) is 6.56. The van der Waals surface area contributed by atoms with Crippen LogP contribution in [0.5, 0.6) is 0 Å². The van der Waals surface area contributed by atoms with Gasteiger partial charge in [0.1, 0.15) is 6.10 Å². The fourth-order valence-electron chi connectivity index (χ4n) is 1.40. The molecule has 1 fully saturated rings. The molecule has 1 rings (SSSR count). The van der Waals surface area contributed by atoms with E-state index in [1.165, 1.54) is 4.90 Å². The Kier molecular flexibility index (Phi) is 3.46. The van der Waals surface area contributed by atoms with Gasteiger partial charge in [-0.2, -0.15) is 0 Å². The molecule has 1 aliphatic heterocycles. The molecule has 80 valence electrons. The van der Waals surface area contributed by atoms with Crippen molar-refractivity contribution in [2.45, 2.75) is 32.0 Å². The summed E-state index contributed by atoms with van der Waals surface area (Å²) in [6.45, 7) is 2.47. The van der Waals surface area contributed by atoms with E-state index in [0.717, 1.165) is 0 Å². The summed E-state index contributed by atoms with van der Waals surface area (Å²) in [5, 5.41) is 8.66. The summed E-state index contributed by atoms with van der Waals surface area (Å²) in [5.74, 6) is -1.12. The molecule has 0 aromatic carbocycles. The largest absolute Gasteiger partial charge is 0.479 e. The summed E-state index contributed by atoms with van der Waals surface area (Å²) in [7, 11) is 1.68. The van der Waals surface area contributed by atoms with E-state index in [4.69, 9.17) is 9.84 Å². The standard InChI is InChI=1S/C9H15NO4/c1-3-10(2)8(11)6-4-5-7(14-6)9(12)13/h6-7H,3-5H2,1-2H3,(H,12,13). The van der Waals surface area contributed by atoms with Gasteiger partial charge < -0.3 is 14.7 Å². The number of aliphatic carboxylic acids is 1. The molecule has 5 heteroatoms. The topological polar surface area (TPSA) is 66.8 Å². The van der Waals surface area contributed by atoms with Crippen molar-refractivity contribution in [2.75, 3.05) is 13.6 Å². The monoisotopic (exact) mass is 201 g/mol. The van der Waals surface area contributed by atoms with Gasteiger partial charge in [0.15, 0.2) is 6.10 Å². The molecule has 0 aromatic rings. The van der Waals surface area contributed by atoms with Gasteiger partial charge in [0.05, 0.1) is 0 Å². The van der Waals surface area contributed by atoms with E-state index in [0.29, 0.717) is 19.4 Å². The average molecular weight is 201 g/mol. The lowest BCUT2D eigenvalue weighted by Crippen LogP contribution is -2.36. The van der Waals surface area contributed by atoms with Crippen LogP contribution in [-0.2, 0) is 14.3 Å². The van der Waals surface area contributed by atoms with Crippen molar-refractivity contribution in [3.05, 3.63) is 0 Å². The summed E-state index contributed by atoms with van der Waals surface area (Å²) in [6.07, 6.45) is -0.459. The molecule has 1 saturated heterocycles. The van der Waals surface area contributed by atoms with Crippen LogP contribution in [0.1, 0.15) is 19.8 Å². The number of amides is 1. The second kappa shape index (κ2) is 4.41. The Morgan fingerprint density at radius 2 is 2.00 bits per heavy atom. The third-order valence-electron chi connectivity index (χ3n) is 2.42. The molecule has 1 amide bonds. The minimum atomic E-state index is -0.987. The van der Waals surface area contributed by atoms with E-state index in [2.05, 4.69) is 0 Å². The first kappa shape index (κ1) is 11.0. The molecule has 1 aliphatic rings. The number of carbonyl (C=O) groups is 2. The van der Waals surface area contributed by atoms with Gasteiger partial charge in [-0.15, -0.1) is 0 Å². The molecule has 2 unspecified atom stereocenters. The Morgan fingerprint density at radius 3 is 2.43 bits per heavy atom. The molecule has 0 aromatic heterocycles. The second-order valence-electron chi connectivity index (χ2n) is 3.38. The number of rotatable bonds is 3. The highest BCUT2D eigenvalue weighted by Crippen LogP contribution is 2.21. The summed E-state index contributed by atoms with van der Waals surface area (Å²) < 4.78 is 5.12. The van der Waals surface area contributed by atoms with Gasteiger partial charge in [-0.25, -0.2) is 4.79 Å². The molecule has 0 bridgehead atoms. The van der Waals surface area contributed by atoms with Crippen LogP contribution >= 0.6 is 0 Å².